The fraction of sp³-hybridized carbons (Fsp3) is 0.167. The first kappa shape index (κ1) is 16.6. The van der Waals surface area contributed by atoms with Crippen molar-refractivity contribution < 1.29 is 13.9 Å². The summed E-state index contributed by atoms with van der Waals surface area (Å²) in [5.41, 5.74) is -0.112. The van der Waals surface area contributed by atoms with E-state index in [1.807, 2.05) is 0 Å². The molecule has 0 aliphatic rings. The number of nitrogens with one attached hydrogen (secondary N) is 1. The van der Waals surface area contributed by atoms with Gasteiger partial charge in [0, 0.05) is 12.4 Å². The summed E-state index contributed by atoms with van der Waals surface area (Å²) >= 11 is 0. The van der Waals surface area contributed by atoms with Crippen molar-refractivity contribution in [3.63, 3.8) is 0 Å². The molecule has 25 heavy (non-hydrogen) atoms. The third-order valence-corrected chi connectivity index (χ3v) is 3.65. The van der Waals surface area contributed by atoms with E-state index in [0.29, 0.717) is 10.8 Å². The number of amides is 1. The molecule has 1 amide bonds. The van der Waals surface area contributed by atoms with Gasteiger partial charge in [-0.25, -0.2) is 9.07 Å². The quantitative estimate of drug-likeness (QED) is 0.719. The van der Waals surface area contributed by atoms with Crippen LogP contribution in [0.2, 0.25) is 0 Å². The van der Waals surface area contributed by atoms with Crippen LogP contribution in [0.3, 0.4) is 0 Å². The molecule has 0 radical (unpaired) electrons. The highest BCUT2D eigenvalue weighted by Crippen LogP contribution is 2.15. The van der Waals surface area contributed by atoms with Crippen LogP contribution in [0.15, 0.2) is 53.3 Å². The molecule has 1 N–H and O–H groups in total. The number of aryl methyl sites for hydroxylation is 1. The Morgan fingerprint density at radius 3 is 2.60 bits per heavy atom. The van der Waals surface area contributed by atoms with Crippen LogP contribution >= 0.6 is 0 Å². The summed E-state index contributed by atoms with van der Waals surface area (Å²) in [7, 11) is 1.49. The van der Waals surface area contributed by atoms with Gasteiger partial charge in [0.05, 0.1) is 11.9 Å². The Balaban J connectivity index is 1.70. The number of rotatable bonds is 5. The predicted molar refractivity (Wildman–Crippen MR) is 91.2 cm³/mol. The third kappa shape index (κ3) is 3.50. The van der Waals surface area contributed by atoms with Gasteiger partial charge >= 0.3 is 0 Å². The van der Waals surface area contributed by atoms with Crippen molar-refractivity contribution in [2.75, 3.05) is 13.2 Å². The van der Waals surface area contributed by atoms with Crippen LogP contribution < -0.4 is 15.6 Å². The average molecular weight is 341 g/mol. The molecule has 0 aliphatic carbocycles. The standard InChI is InChI=1S/C18H16FN3O3/c1-22-18(24)13-7-3-2-6-12(13)16(21-22)17(23)20-10-11-25-15-9-5-4-8-14(15)19/h2-9H,10-11H2,1H3,(H,20,23). The number of carbonyl (C=O) groups is 1. The van der Waals surface area contributed by atoms with Crippen molar-refractivity contribution in [3.8, 4) is 5.75 Å². The van der Waals surface area contributed by atoms with Crippen LogP contribution in [0.4, 0.5) is 4.39 Å². The van der Waals surface area contributed by atoms with E-state index in [9.17, 15) is 14.0 Å². The molecule has 0 spiro atoms. The first-order valence-corrected chi connectivity index (χ1v) is 7.69. The van der Waals surface area contributed by atoms with E-state index in [1.165, 1.54) is 19.2 Å². The SMILES string of the molecule is Cn1nc(C(=O)NCCOc2ccccc2F)c2ccccc2c1=O. The van der Waals surface area contributed by atoms with Crippen molar-refractivity contribution in [2.45, 2.75) is 0 Å². The van der Waals surface area contributed by atoms with Crippen molar-refractivity contribution >= 4 is 16.7 Å². The molecule has 0 unspecified atom stereocenters. The zero-order valence-corrected chi connectivity index (χ0v) is 13.5. The molecule has 0 bridgehead atoms. The molecule has 0 saturated heterocycles. The monoisotopic (exact) mass is 341 g/mol. The normalized spacial score (nSPS) is 10.6. The predicted octanol–water partition coefficient (Wildman–Crippen LogP) is 1.88. The summed E-state index contributed by atoms with van der Waals surface area (Å²) in [5, 5.41) is 7.61. The second kappa shape index (κ2) is 7.12. The lowest BCUT2D eigenvalue weighted by Crippen LogP contribution is -2.32. The molecule has 0 fully saturated rings. The summed E-state index contributed by atoms with van der Waals surface area (Å²) in [6.45, 7) is 0.280. The zero-order chi connectivity index (χ0) is 17.8. The smallest absolute Gasteiger partial charge is 0.274 e. The molecule has 0 saturated carbocycles. The summed E-state index contributed by atoms with van der Waals surface area (Å²) in [6.07, 6.45) is 0. The lowest BCUT2D eigenvalue weighted by molar-refractivity contribution is 0.0941. The number of hydrogen-bond acceptors (Lipinski definition) is 4. The first-order valence-electron chi connectivity index (χ1n) is 7.69. The number of benzene rings is 2. The number of fused-ring (bicyclic) bond motifs is 1. The largest absolute Gasteiger partial charge is 0.489 e. The van der Waals surface area contributed by atoms with E-state index in [4.69, 9.17) is 4.74 Å². The fourth-order valence-corrected chi connectivity index (χ4v) is 2.44. The van der Waals surface area contributed by atoms with E-state index >= 15 is 0 Å². The van der Waals surface area contributed by atoms with Gasteiger partial charge in [0.1, 0.15) is 6.61 Å². The van der Waals surface area contributed by atoms with Gasteiger partial charge in [-0.3, -0.25) is 9.59 Å². The minimum atomic E-state index is -0.459. The van der Waals surface area contributed by atoms with Crippen LogP contribution in [-0.4, -0.2) is 28.8 Å². The Kier molecular flexibility index (Phi) is 4.74. The van der Waals surface area contributed by atoms with Gasteiger partial charge in [0.15, 0.2) is 17.3 Å². The van der Waals surface area contributed by atoms with Gasteiger partial charge in [-0.1, -0.05) is 30.3 Å². The van der Waals surface area contributed by atoms with Crippen LogP contribution in [-0.2, 0) is 7.05 Å². The highest BCUT2D eigenvalue weighted by atomic mass is 19.1. The maximum atomic E-state index is 13.4. The van der Waals surface area contributed by atoms with Gasteiger partial charge in [0.2, 0.25) is 0 Å². The summed E-state index contributed by atoms with van der Waals surface area (Å²) < 4.78 is 19.9. The van der Waals surface area contributed by atoms with Crippen molar-refractivity contribution in [3.05, 3.63) is 70.4 Å². The van der Waals surface area contributed by atoms with Crippen molar-refractivity contribution in [1.29, 1.82) is 0 Å². The van der Waals surface area contributed by atoms with Gasteiger partial charge in [-0.05, 0) is 18.2 Å². The molecule has 0 atom stereocenters. The first-order chi connectivity index (χ1) is 12.1. The number of carbonyl (C=O) groups excluding carboxylic acids is 1. The molecular weight excluding hydrogens is 325 g/mol. The van der Waals surface area contributed by atoms with Crippen LogP contribution in [0.1, 0.15) is 10.5 Å². The lowest BCUT2D eigenvalue weighted by Gasteiger charge is -2.10. The number of ether oxygens (including phenoxy) is 1. The second-order valence-electron chi connectivity index (χ2n) is 5.36. The minimum Gasteiger partial charge on any atom is -0.489 e. The summed E-state index contributed by atoms with van der Waals surface area (Å²) in [5.74, 6) is -0.758. The maximum absolute atomic E-state index is 13.4. The third-order valence-electron chi connectivity index (χ3n) is 3.65. The molecule has 0 aliphatic heterocycles. The lowest BCUT2D eigenvalue weighted by atomic mass is 10.1. The summed E-state index contributed by atoms with van der Waals surface area (Å²) in [4.78, 5) is 24.4. The van der Waals surface area contributed by atoms with Gasteiger partial charge < -0.3 is 10.1 Å². The van der Waals surface area contributed by atoms with Gasteiger partial charge in [-0.15, -0.1) is 0 Å². The molecular formula is C18H16FN3O3. The van der Waals surface area contributed by atoms with Crippen LogP contribution in [0.5, 0.6) is 5.75 Å². The van der Waals surface area contributed by atoms with E-state index < -0.39 is 11.7 Å². The molecule has 3 rings (SSSR count). The molecule has 2 aromatic carbocycles. The Labute approximate surface area is 142 Å². The minimum absolute atomic E-state index is 0.108. The second-order valence-corrected chi connectivity index (χ2v) is 5.36. The molecule has 6 nitrogen and oxygen atoms in total. The molecule has 3 aromatic rings. The zero-order valence-electron chi connectivity index (χ0n) is 13.5. The van der Waals surface area contributed by atoms with Crippen molar-refractivity contribution in [1.82, 2.24) is 15.1 Å². The number of nitrogens with zero attached hydrogens (tertiary/aromatic N) is 2. The van der Waals surface area contributed by atoms with Gasteiger partial charge in [-0.2, -0.15) is 5.10 Å². The molecule has 128 valence electrons. The highest BCUT2D eigenvalue weighted by Gasteiger charge is 2.15. The number of halogens is 1. The van der Waals surface area contributed by atoms with E-state index in [1.54, 1.807) is 36.4 Å². The maximum Gasteiger partial charge on any atom is 0.274 e. The number of hydrogen-bond donors (Lipinski definition) is 1. The fourth-order valence-electron chi connectivity index (χ4n) is 2.44. The van der Waals surface area contributed by atoms with E-state index in [2.05, 4.69) is 10.4 Å². The average Bonchev–Trinajstić information content (AvgIpc) is 2.63. The summed E-state index contributed by atoms with van der Waals surface area (Å²) in [6, 6.07) is 12.8. The van der Waals surface area contributed by atoms with E-state index in [-0.39, 0.29) is 30.2 Å². The number of aromatic nitrogens is 2. The van der Waals surface area contributed by atoms with E-state index in [0.717, 1.165) is 4.68 Å². The Morgan fingerprint density at radius 2 is 1.84 bits per heavy atom. The van der Waals surface area contributed by atoms with Crippen LogP contribution in [0, 0.1) is 5.82 Å². The Hall–Kier alpha value is -3.22. The van der Waals surface area contributed by atoms with Crippen LogP contribution in [0.25, 0.3) is 10.8 Å². The molecule has 1 heterocycles. The molecule has 1 aromatic heterocycles. The highest BCUT2D eigenvalue weighted by molar-refractivity contribution is 6.04. The Morgan fingerprint density at radius 1 is 1.16 bits per heavy atom. The Bertz CT molecular complexity index is 985. The van der Waals surface area contributed by atoms with Crippen molar-refractivity contribution in [2.24, 2.45) is 7.05 Å². The topological polar surface area (TPSA) is 73.2 Å². The molecule has 7 heteroatoms. The number of para-hydroxylation sites is 1. The van der Waals surface area contributed by atoms with Gasteiger partial charge in [0.25, 0.3) is 11.5 Å².